The van der Waals surface area contributed by atoms with Gasteiger partial charge in [-0.3, -0.25) is 14.5 Å². The van der Waals surface area contributed by atoms with Crippen molar-refractivity contribution >= 4 is 35.0 Å². The van der Waals surface area contributed by atoms with Crippen molar-refractivity contribution in [1.29, 1.82) is 0 Å². The van der Waals surface area contributed by atoms with Crippen LogP contribution in [0.15, 0.2) is 48.5 Å². The number of hydrogen-bond acceptors (Lipinski definition) is 5. The fourth-order valence-corrected chi connectivity index (χ4v) is 5.12. The second-order valence-electron chi connectivity index (χ2n) is 9.13. The Morgan fingerprint density at radius 2 is 1.64 bits per heavy atom. The van der Waals surface area contributed by atoms with Crippen molar-refractivity contribution in [2.75, 3.05) is 46.0 Å². The molecular formula is C27H33Cl2N3O4. The molecule has 2 heterocycles. The molecule has 194 valence electrons. The van der Waals surface area contributed by atoms with E-state index < -0.39 is 18.2 Å². The van der Waals surface area contributed by atoms with Crippen molar-refractivity contribution < 1.29 is 19.1 Å². The lowest BCUT2D eigenvalue weighted by Crippen LogP contribution is -2.56. The number of nitrogens with one attached hydrogen (secondary N) is 1. The van der Waals surface area contributed by atoms with Crippen LogP contribution in [0.5, 0.6) is 0 Å². The molecule has 7 nitrogen and oxygen atoms in total. The van der Waals surface area contributed by atoms with Crippen molar-refractivity contribution in [3.63, 3.8) is 0 Å². The molecule has 2 amide bonds. The summed E-state index contributed by atoms with van der Waals surface area (Å²) in [6, 6.07) is 13.7. The third-order valence-electron chi connectivity index (χ3n) is 6.70. The lowest BCUT2D eigenvalue weighted by Gasteiger charge is -2.45. The van der Waals surface area contributed by atoms with Crippen LogP contribution >= 0.6 is 23.2 Å². The van der Waals surface area contributed by atoms with Gasteiger partial charge in [-0.1, -0.05) is 60.8 Å². The largest absolute Gasteiger partial charge is 0.379 e. The average molecular weight is 534 g/mol. The molecule has 1 unspecified atom stereocenters. The molecule has 2 saturated heterocycles. The van der Waals surface area contributed by atoms with E-state index in [0.29, 0.717) is 36.2 Å². The summed E-state index contributed by atoms with van der Waals surface area (Å²) in [5, 5.41) is 4.30. The van der Waals surface area contributed by atoms with Gasteiger partial charge in [-0.05, 0) is 41.8 Å². The number of hydrogen-bond donors (Lipinski definition) is 1. The number of benzene rings is 2. The van der Waals surface area contributed by atoms with Crippen molar-refractivity contribution in [2.24, 2.45) is 0 Å². The molecule has 3 atom stereocenters. The molecule has 4 rings (SSSR count). The number of carbonyl (C=O) groups is 2. The minimum atomic E-state index is -0.619. The van der Waals surface area contributed by atoms with Gasteiger partial charge in [0.15, 0.2) is 0 Å². The molecule has 2 aliphatic rings. The molecule has 0 saturated carbocycles. The zero-order valence-electron chi connectivity index (χ0n) is 20.5. The Kier molecular flexibility index (Phi) is 9.62. The molecule has 9 heteroatoms. The Bertz CT molecular complexity index is 1010. The number of ether oxygens (including phenoxy) is 2. The highest BCUT2D eigenvalue weighted by Crippen LogP contribution is 2.42. The van der Waals surface area contributed by atoms with E-state index in [0.717, 1.165) is 37.2 Å². The van der Waals surface area contributed by atoms with Crippen LogP contribution < -0.4 is 5.32 Å². The SMILES string of the molecule is CCCC(C(=O)NCCN1CCOCC1)N1C(=O)CO[C@@H](c2ccc(Cl)cc2)[C@H]1c1ccc(Cl)cc1. The standard InChI is InChI=1S/C27H33Cl2N3O4/c1-2-3-23(27(34)30-12-13-31-14-16-35-17-15-31)32-24(33)18-36-26(20-6-10-22(29)11-7-20)25(32)19-4-8-21(28)9-5-19/h4-11,23,25-26H,2-3,12-18H2,1H3,(H,30,34)/t23?,25-,26+/m1/s1. The maximum absolute atomic E-state index is 13.5. The first-order chi connectivity index (χ1) is 17.5. The molecular weight excluding hydrogens is 501 g/mol. The first kappa shape index (κ1) is 26.9. The Balaban J connectivity index is 1.61. The summed E-state index contributed by atoms with van der Waals surface area (Å²) in [6.45, 7) is 6.33. The average Bonchev–Trinajstić information content (AvgIpc) is 2.89. The van der Waals surface area contributed by atoms with Gasteiger partial charge in [0.25, 0.3) is 0 Å². The van der Waals surface area contributed by atoms with Crippen LogP contribution in [0, 0.1) is 0 Å². The molecule has 0 spiro atoms. The Hall–Kier alpha value is -2.16. The zero-order chi connectivity index (χ0) is 25.5. The van der Waals surface area contributed by atoms with Gasteiger partial charge in [0.05, 0.1) is 19.3 Å². The Morgan fingerprint density at radius 1 is 1.03 bits per heavy atom. The fraction of sp³-hybridized carbons (Fsp3) is 0.481. The number of halogens is 2. The second-order valence-corrected chi connectivity index (χ2v) is 10.0. The normalized spacial score (nSPS) is 21.9. The summed E-state index contributed by atoms with van der Waals surface area (Å²) in [5.41, 5.74) is 1.74. The van der Waals surface area contributed by atoms with E-state index in [4.69, 9.17) is 32.7 Å². The Morgan fingerprint density at radius 3 is 2.25 bits per heavy atom. The highest BCUT2D eigenvalue weighted by molar-refractivity contribution is 6.30. The number of rotatable bonds is 9. The van der Waals surface area contributed by atoms with Crippen molar-refractivity contribution in [3.05, 3.63) is 69.7 Å². The molecule has 2 aliphatic heterocycles. The summed E-state index contributed by atoms with van der Waals surface area (Å²) in [5.74, 6) is -0.351. The number of carbonyl (C=O) groups excluding carboxylic acids is 2. The van der Waals surface area contributed by atoms with Gasteiger partial charge in [0, 0.05) is 36.2 Å². The van der Waals surface area contributed by atoms with Crippen LogP contribution in [-0.4, -0.2) is 73.7 Å². The molecule has 2 aromatic carbocycles. The summed E-state index contributed by atoms with van der Waals surface area (Å²) in [4.78, 5) is 30.9. The van der Waals surface area contributed by atoms with Crippen molar-refractivity contribution in [1.82, 2.24) is 15.1 Å². The molecule has 2 aromatic rings. The summed E-state index contributed by atoms with van der Waals surface area (Å²) >= 11 is 12.3. The summed E-state index contributed by atoms with van der Waals surface area (Å²) in [6.07, 6.45) is 0.846. The van der Waals surface area contributed by atoms with Gasteiger partial charge in [0.2, 0.25) is 11.8 Å². The molecule has 36 heavy (non-hydrogen) atoms. The van der Waals surface area contributed by atoms with Gasteiger partial charge in [-0.25, -0.2) is 0 Å². The van der Waals surface area contributed by atoms with Crippen LogP contribution in [0.1, 0.15) is 43.0 Å². The highest BCUT2D eigenvalue weighted by atomic mass is 35.5. The minimum absolute atomic E-state index is 0.0986. The van der Waals surface area contributed by atoms with E-state index >= 15 is 0 Å². The maximum Gasteiger partial charge on any atom is 0.249 e. The molecule has 2 fully saturated rings. The third kappa shape index (κ3) is 6.58. The molecule has 0 radical (unpaired) electrons. The predicted molar refractivity (Wildman–Crippen MR) is 140 cm³/mol. The molecule has 0 bridgehead atoms. The van der Waals surface area contributed by atoms with Gasteiger partial charge >= 0.3 is 0 Å². The zero-order valence-corrected chi connectivity index (χ0v) is 22.0. The van der Waals surface area contributed by atoms with E-state index in [9.17, 15) is 9.59 Å². The lowest BCUT2D eigenvalue weighted by molar-refractivity contribution is -0.167. The lowest BCUT2D eigenvalue weighted by atomic mass is 9.90. The van der Waals surface area contributed by atoms with Crippen LogP contribution in [-0.2, 0) is 19.1 Å². The number of morpholine rings is 2. The van der Waals surface area contributed by atoms with E-state index in [-0.39, 0.29) is 18.4 Å². The predicted octanol–water partition coefficient (Wildman–Crippen LogP) is 4.25. The second kappa shape index (κ2) is 12.9. The van der Waals surface area contributed by atoms with Crippen LogP contribution in [0.4, 0.5) is 0 Å². The Labute approximate surface area is 222 Å². The van der Waals surface area contributed by atoms with Crippen molar-refractivity contribution in [2.45, 2.75) is 38.0 Å². The number of nitrogens with zero attached hydrogens (tertiary/aromatic N) is 2. The van der Waals surface area contributed by atoms with E-state index in [1.165, 1.54) is 0 Å². The van der Waals surface area contributed by atoms with Crippen LogP contribution in [0.25, 0.3) is 0 Å². The monoisotopic (exact) mass is 533 g/mol. The maximum atomic E-state index is 13.5. The van der Waals surface area contributed by atoms with Gasteiger partial charge in [-0.15, -0.1) is 0 Å². The van der Waals surface area contributed by atoms with Gasteiger partial charge in [0.1, 0.15) is 18.8 Å². The van der Waals surface area contributed by atoms with Gasteiger partial charge < -0.3 is 19.7 Å². The van der Waals surface area contributed by atoms with E-state index in [2.05, 4.69) is 10.2 Å². The fourth-order valence-electron chi connectivity index (χ4n) is 4.87. The highest BCUT2D eigenvalue weighted by Gasteiger charge is 2.44. The van der Waals surface area contributed by atoms with Crippen LogP contribution in [0.2, 0.25) is 10.0 Å². The van der Waals surface area contributed by atoms with E-state index in [1.54, 1.807) is 17.0 Å². The summed E-state index contributed by atoms with van der Waals surface area (Å²) in [7, 11) is 0. The van der Waals surface area contributed by atoms with E-state index in [1.807, 2.05) is 43.3 Å². The first-order valence-corrected chi connectivity index (χ1v) is 13.2. The van der Waals surface area contributed by atoms with Crippen LogP contribution in [0.3, 0.4) is 0 Å². The molecule has 1 N–H and O–H groups in total. The quantitative estimate of drug-likeness (QED) is 0.521. The topological polar surface area (TPSA) is 71.1 Å². The number of amides is 2. The first-order valence-electron chi connectivity index (χ1n) is 12.5. The summed E-state index contributed by atoms with van der Waals surface area (Å²) < 4.78 is 11.5. The molecule has 0 aliphatic carbocycles. The van der Waals surface area contributed by atoms with Gasteiger partial charge in [-0.2, -0.15) is 0 Å². The van der Waals surface area contributed by atoms with Crippen molar-refractivity contribution in [3.8, 4) is 0 Å². The smallest absolute Gasteiger partial charge is 0.249 e. The third-order valence-corrected chi connectivity index (χ3v) is 7.21. The molecule has 0 aromatic heterocycles. The minimum Gasteiger partial charge on any atom is -0.379 e.